The molecule has 0 fully saturated rings. The van der Waals surface area contributed by atoms with Gasteiger partial charge in [0.15, 0.2) is 0 Å². The van der Waals surface area contributed by atoms with Crippen LogP contribution in [0.2, 0.25) is 0 Å². The Morgan fingerprint density at radius 3 is 2.82 bits per heavy atom. The lowest BCUT2D eigenvalue weighted by Crippen LogP contribution is -2.12. The molecule has 1 aromatic carbocycles. The van der Waals surface area contributed by atoms with Gasteiger partial charge in [-0.25, -0.2) is 0 Å². The molecule has 0 heterocycles. The molecule has 0 aliphatic rings. The van der Waals surface area contributed by atoms with Crippen LogP contribution in [0.15, 0.2) is 22.7 Å². The number of nitro groups is 1. The van der Waals surface area contributed by atoms with Crippen molar-refractivity contribution in [3.8, 4) is 0 Å². The van der Waals surface area contributed by atoms with E-state index in [1.54, 1.807) is 12.1 Å². The Morgan fingerprint density at radius 2 is 2.24 bits per heavy atom. The van der Waals surface area contributed by atoms with Gasteiger partial charge < -0.3 is 5.32 Å². The lowest BCUT2D eigenvalue weighted by Gasteiger charge is -2.06. The molecule has 0 radical (unpaired) electrons. The SMILES string of the molecule is CCS(=O)CCNc1ccc(Br)cc1[N+](=O)[O-]. The highest BCUT2D eigenvalue weighted by Gasteiger charge is 2.13. The molecule has 1 N–H and O–H groups in total. The second kappa shape index (κ2) is 6.70. The van der Waals surface area contributed by atoms with Crippen LogP contribution in [0.25, 0.3) is 0 Å². The fraction of sp³-hybridized carbons (Fsp3) is 0.400. The number of nitrogens with one attached hydrogen (secondary N) is 1. The van der Waals surface area contributed by atoms with Crippen LogP contribution in [-0.4, -0.2) is 27.2 Å². The highest BCUT2D eigenvalue weighted by molar-refractivity contribution is 9.10. The normalized spacial score (nSPS) is 12.1. The van der Waals surface area contributed by atoms with Gasteiger partial charge in [0, 0.05) is 39.4 Å². The molecule has 0 bridgehead atoms. The Balaban J connectivity index is 2.70. The molecule has 0 spiro atoms. The summed E-state index contributed by atoms with van der Waals surface area (Å²) in [5.41, 5.74) is 0.466. The molecule has 0 aliphatic heterocycles. The first kappa shape index (κ1) is 14.1. The minimum absolute atomic E-state index is 0.0154. The number of halogens is 1. The van der Waals surface area contributed by atoms with Gasteiger partial charge in [0.2, 0.25) is 0 Å². The van der Waals surface area contributed by atoms with Crippen LogP contribution < -0.4 is 5.32 Å². The van der Waals surface area contributed by atoms with Gasteiger partial charge in [0.1, 0.15) is 5.69 Å². The van der Waals surface area contributed by atoms with Crippen molar-refractivity contribution in [2.24, 2.45) is 0 Å². The minimum atomic E-state index is -0.864. The van der Waals surface area contributed by atoms with Crippen LogP contribution in [0.3, 0.4) is 0 Å². The molecular formula is C10H13BrN2O3S. The van der Waals surface area contributed by atoms with E-state index < -0.39 is 15.7 Å². The summed E-state index contributed by atoms with van der Waals surface area (Å²) in [7, 11) is -0.864. The van der Waals surface area contributed by atoms with Crippen LogP contribution in [0.5, 0.6) is 0 Å². The molecule has 1 rings (SSSR count). The summed E-state index contributed by atoms with van der Waals surface area (Å²) in [6.45, 7) is 2.31. The van der Waals surface area contributed by atoms with E-state index >= 15 is 0 Å². The number of rotatable bonds is 6. The van der Waals surface area contributed by atoms with Crippen molar-refractivity contribution in [3.05, 3.63) is 32.8 Å². The second-order valence-corrected chi connectivity index (χ2v) is 6.06. The lowest BCUT2D eigenvalue weighted by atomic mass is 10.2. The molecule has 0 amide bonds. The predicted molar refractivity (Wildman–Crippen MR) is 72.8 cm³/mol. The maximum Gasteiger partial charge on any atom is 0.293 e. The fourth-order valence-corrected chi connectivity index (χ4v) is 2.22. The van der Waals surface area contributed by atoms with Crippen LogP contribution in [0, 0.1) is 10.1 Å². The van der Waals surface area contributed by atoms with E-state index in [2.05, 4.69) is 21.2 Å². The van der Waals surface area contributed by atoms with Crippen LogP contribution in [-0.2, 0) is 10.8 Å². The quantitative estimate of drug-likeness (QED) is 0.645. The van der Waals surface area contributed by atoms with Crippen molar-refractivity contribution < 1.29 is 9.13 Å². The van der Waals surface area contributed by atoms with Crippen molar-refractivity contribution >= 4 is 38.1 Å². The summed E-state index contributed by atoms with van der Waals surface area (Å²) in [4.78, 5) is 10.4. The summed E-state index contributed by atoms with van der Waals surface area (Å²) in [5.74, 6) is 1.09. The van der Waals surface area contributed by atoms with E-state index in [9.17, 15) is 14.3 Å². The molecule has 0 saturated heterocycles. The van der Waals surface area contributed by atoms with Gasteiger partial charge in [-0.05, 0) is 12.1 Å². The zero-order valence-corrected chi connectivity index (χ0v) is 11.7. The van der Waals surface area contributed by atoms with Gasteiger partial charge in [-0.15, -0.1) is 0 Å². The Kier molecular flexibility index (Phi) is 5.57. The summed E-state index contributed by atoms with van der Waals surface area (Å²) in [5, 5.41) is 13.7. The van der Waals surface area contributed by atoms with E-state index in [4.69, 9.17) is 0 Å². The minimum Gasteiger partial charge on any atom is -0.379 e. The van der Waals surface area contributed by atoms with Crippen molar-refractivity contribution in [1.29, 1.82) is 0 Å². The number of nitrogens with zero attached hydrogens (tertiary/aromatic N) is 1. The molecule has 1 aromatic rings. The van der Waals surface area contributed by atoms with E-state index in [1.807, 2.05) is 6.92 Å². The van der Waals surface area contributed by atoms with Gasteiger partial charge in [0.25, 0.3) is 5.69 Å². The third-order valence-corrected chi connectivity index (χ3v) is 3.92. The van der Waals surface area contributed by atoms with E-state index in [1.165, 1.54) is 6.07 Å². The Hall–Kier alpha value is -0.950. The van der Waals surface area contributed by atoms with Crippen molar-refractivity contribution in [3.63, 3.8) is 0 Å². The van der Waals surface area contributed by atoms with Crippen molar-refractivity contribution in [2.75, 3.05) is 23.4 Å². The molecular weight excluding hydrogens is 308 g/mol. The topological polar surface area (TPSA) is 72.2 Å². The molecule has 94 valence electrons. The molecule has 0 aliphatic carbocycles. The van der Waals surface area contributed by atoms with Gasteiger partial charge in [-0.2, -0.15) is 0 Å². The first-order chi connectivity index (χ1) is 8.04. The van der Waals surface area contributed by atoms with E-state index in [-0.39, 0.29) is 5.69 Å². The molecule has 0 saturated carbocycles. The average molecular weight is 321 g/mol. The first-order valence-electron chi connectivity index (χ1n) is 5.07. The zero-order valence-electron chi connectivity index (χ0n) is 9.31. The molecule has 1 atom stereocenters. The highest BCUT2D eigenvalue weighted by Crippen LogP contribution is 2.27. The molecule has 5 nitrogen and oxygen atoms in total. The van der Waals surface area contributed by atoms with Gasteiger partial charge >= 0.3 is 0 Å². The van der Waals surface area contributed by atoms with Gasteiger partial charge in [0.05, 0.1) is 4.92 Å². The van der Waals surface area contributed by atoms with Crippen molar-refractivity contribution in [2.45, 2.75) is 6.92 Å². The number of nitro benzene ring substituents is 1. The van der Waals surface area contributed by atoms with E-state index in [0.717, 1.165) is 0 Å². The summed E-state index contributed by atoms with van der Waals surface area (Å²) in [6.07, 6.45) is 0. The molecule has 17 heavy (non-hydrogen) atoms. The monoisotopic (exact) mass is 320 g/mol. The molecule has 1 unspecified atom stereocenters. The smallest absolute Gasteiger partial charge is 0.293 e. The number of hydrogen-bond acceptors (Lipinski definition) is 4. The van der Waals surface area contributed by atoms with Crippen LogP contribution in [0.1, 0.15) is 6.92 Å². The lowest BCUT2D eigenvalue weighted by molar-refractivity contribution is -0.384. The second-order valence-electron chi connectivity index (χ2n) is 3.28. The zero-order chi connectivity index (χ0) is 12.8. The largest absolute Gasteiger partial charge is 0.379 e. The first-order valence-corrected chi connectivity index (χ1v) is 7.35. The maximum atomic E-state index is 11.2. The predicted octanol–water partition coefficient (Wildman–Crippen LogP) is 2.54. The Labute approximate surface area is 110 Å². The number of anilines is 1. The Bertz CT molecular complexity index is 440. The summed E-state index contributed by atoms with van der Waals surface area (Å²) in [6, 6.07) is 4.81. The van der Waals surface area contributed by atoms with E-state index in [0.29, 0.717) is 28.2 Å². The summed E-state index contributed by atoms with van der Waals surface area (Å²) >= 11 is 3.19. The average Bonchev–Trinajstić information content (AvgIpc) is 2.30. The number of hydrogen-bond donors (Lipinski definition) is 1. The molecule has 0 aromatic heterocycles. The van der Waals surface area contributed by atoms with Gasteiger partial charge in [-0.3, -0.25) is 14.3 Å². The third-order valence-electron chi connectivity index (χ3n) is 2.12. The van der Waals surface area contributed by atoms with Crippen LogP contribution in [0.4, 0.5) is 11.4 Å². The highest BCUT2D eigenvalue weighted by atomic mass is 79.9. The Morgan fingerprint density at radius 1 is 1.53 bits per heavy atom. The third kappa shape index (κ3) is 4.43. The number of benzene rings is 1. The van der Waals surface area contributed by atoms with Crippen LogP contribution >= 0.6 is 15.9 Å². The standard InChI is InChI=1S/C10H13BrN2O3S/c1-2-17(16)6-5-12-9-4-3-8(11)7-10(9)13(14)15/h3-4,7,12H,2,5-6H2,1H3. The maximum absolute atomic E-state index is 11.2. The van der Waals surface area contributed by atoms with Gasteiger partial charge in [-0.1, -0.05) is 22.9 Å². The summed E-state index contributed by atoms with van der Waals surface area (Å²) < 4.78 is 11.9. The fourth-order valence-electron chi connectivity index (χ4n) is 1.25. The van der Waals surface area contributed by atoms with Crippen molar-refractivity contribution in [1.82, 2.24) is 0 Å². The molecule has 7 heteroatoms.